The predicted molar refractivity (Wildman–Crippen MR) is 103 cm³/mol. The normalized spacial score (nSPS) is 11.8. The van der Waals surface area contributed by atoms with Crippen LogP contribution in [-0.4, -0.2) is 16.3 Å². The molecule has 2 aromatic carbocycles. The Hall–Kier alpha value is -3.14. The van der Waals surface area contributed by atoms with Crippen LogP contribution in [0.1, 0.15) is 40.9 Å². The van der Waals surface area contributed by atoms with Crippen LogP contribution in [0.4, 0.5) is 5.69 Å². The first-order chi connectivity index (χ1) is 12.5. The molecule has 1 N–H and O–H groups in total. The third-order valence-corrected chi connectivity index (χ3v) is 4.47. The number of hydrogen-bond acceptors (Lipinski definition) is 2. The Morgan fingerprint density at radius 3 is 2.42 bits per heavy atom. The lowest BCUT2D eigenvalue weighted by molar-refractivity contribution is -0.116. The number of Topliss-reactive ketones (excluding diaryl/α,β-unsaturated/α-hetero) is 1. The van der Waals surface area contributed by atoms with E-state index in [2.05, 4.69) is 24.4 Å². The Bertz CT molecular complexity index is 913. The Balaban J connectivity index is 1.81. The van der Waals surface area contributed by atoms with Crippen molar-refractivity contribution >= 4 is 17.4 Å². The van der Waals surface area contributed by atoms with Crippen molar-refractivity contribution in [1.29, 1.82) is 0 Å². The number of anilines is 1. The summed E-state index contributed by atoms with van der Waals surface area (Å²) in [6, 6.07) is 19.0. The maximum Gasteiger partial charge on any atom is 0.226 e. The van der Waals surface area contributed by atoms with E-state index >= 15 is 0 Å². The first-order valence-corrected chi connectivity index (χ1v) is 8.63. The Morgan fingerprint density at radius 1 is 1.00 bits per heavy atom. The van der Waals surface area contributed by atoms with Crippen LogP contribution >= 0.6 is 0 Å². The number of ketones is 1. The molecule has 0 saturated heterocycles. The van der Waals surface area contributed by atoms with Gasteiger partial charge in [-0.15, -0.1) is 0 Å². The Kier molecular flexibility index (Phi) is 5.32. The van der Waals surface area contributed by atoms with Crippen LogP contribution in [0.25, 0.3) is 0 Å². The zero-order chi connectivity index (χ0) is 18.5. The molecule has 0 aliphatic heterocycles. The highest BCUT2D eigenvalue weighted by Crippen LogP contribution is 2.26. The molecule has 0 bridgehead atoms. The molecular formula is C22H22N2O2. The highest BCUT2D eigenvalue weighted by molar-refractivity contribution is 5.97. The lowest BCUT2D eigenvalue weighted by Crippen LogP contribution is -2.20. The summed E-state index contributed by atoms with van der Waals surface area (Å²) in [4.78, 5) is 24.2. The molecule has 132 valence electrons. The van der Waals surface area contributed by atoms with Crippen molar-refractivity contribution in [2.75, 3.05) is 5.32 Å². The summed E-state index contributed by atoms with van der Waals surface area (Å²) in [7, 11) is 0. The highest BCUT2D eigenvalue weighted by Gasteiger charge is 2.19. The van der Waals surface area contributed by atoms with Crippen LogP contribution in [0.15, 0.2) is 73.1 Å². The van der Waals surface area contributed by atoms with E-state index in [0.717, 1.165) is 11.1 Å². The number of nitrogens with zero attached hydrogens (tertiary/aromatic N) is 1. The van der Waals surface area contributed by atoms with E-state index in [0.29, 0.717) is 17.7 Å². The van der Waals surface area contributed by atoms with Gasteiger partial charge in [-0.2, -0.15) is 0 Å². The van der Waals surface area contributed by atoms with E-state index in [4.69, 9.17) is 0 Å². The Labute approximate surface area is 153 Å². The van der Waals surface area contributed by atoms with Crippen molar-refractivity contribution in [3.63, 3.8) is 0 Å². The lowest BCUT2D eigenvalue weighted by Gasteiger charge is -2.21. The van der Waals surface area contributed by atoms with Crippen molar-refractivity contribution in [2.24, 2.45) is 0 Å². The summed E-state index contributed by atoms with van der Waals surface area (Å²) >= 11 is 0. The minimum absolute atomic E-state index is 0.0220. The fourth-order valence-electron chi connectivity index (χ4n) is 3.10. The first kappa shape index (κ1) is 17.7. The quantitative estimate of drug-likeness (QED) is 0.662. The van der Waals surface area contributed by atoms with Gasteiger partial charge in [0.15, 0.2) is 5.78 Å². The van der Waals surface area contributed by atoms with Gasteiger partial charge in [0.1, 0.15) is 0 Å². The number of hydrogen-bond donors (Lipinski definition) is 1. The van der Waals surface area contributed by atoms with E-state index in [9.17, 15) is 9.59 Å². The van der Waals surface area contributed by atoms with Crippen LogP contribution in [0.5, 0.6) is 0 Å². The molecule has 0 spiro atoms. The maximum atomic E-state index is 12.7. The smallest absolute Gasteiger partial charge is 0.226 e. The van der Waals surface area contributed by atoms with E-state index < -0.39 is 0 Å². The highest BCUT2D eigenvalue weighted by atomic mass is 16.1. The van der Waals surface area contributed by atoms with Crippen molar-refractivity contribution in [3.8, 4) is 0 Å². The molecule has 4 nitrogen and oxygen atoms in total. The number of carbonyl (C=O) groups excluding carboxylic acids is 2. The molecule has 3 rings (SSSR count). The maximum absolute atomic E-state index is 12.7. The monoisotopic (exact) mass is 346 g/mol. The van der Waals surface area contributed by atoms with E-state index in [1.54, 1.807) is 24.3 Å². The lowest BCUT2D eigenvalue weighted by atomic mass is 9.98. The van der Waals surface area contributed by atoms with Crippen molar-refractivity contribution < 1.29 is 9.59 Å². The molecular weight excluding hydrogens is 324 g/mol. The van der Waals surface area contributed by atoms with Gasteiger partial charge in [0.05, 0.1) is 12.5 Å². The number of nitrogens with one attached hydrogen (secondary N) is 1. The fourth-order valence-corrected chi connectivity index (χ4v) is 3.10. The average Bonchev–Trinajstić information content (AvgIpc) is 3.15. The molecule has 26 heavy (non-hydrogen) atoms. The van der Waals surface area contributed by atoms with Crippen molar-refractivity contribution in [2.45, 2.75) is 26.3 Å². The number of rotatable bonds is 6. The SMILES string of the molecule is CC(=O)c1cccc(NC(=O)C[C@H](c2ccccc2C)n2cccc2)c1. The van der Waals surface area contributed by atoms with Gasteiger partial charge in [0.2, 0.25) is 5.91 Å². The minimum Gasteiger partial charge on any atom is -0.346 e. The first-order valence-electron chi connectivity index (χ1n) is 8.63. The number of aromatic nitrogens is 1. The van der Waals surface area contributed by atoms with Gasteiger partial charge in [0.25, 0.3) is 0 Å². The fraction of sp³-hybridized carbons (Fsp3) is 0.182. The Morgan fingerprint density at radius 2 is 1.73 bits per heavy atom. The molecule has 0 fully saturated rings. The second-order valence-corrected chi connectivity index (χ2v) is 6.39. The number of aryl methyl sites for hydroxylation is 1. The molecule has 3 aromatic rings. The number of amides is 1. The van der Waals surface area contributed by atoms with Crippen LogP contribution < -0.4 is 5.32 Å². The van der Waals surface area contributed by atoms with Gasteiger partial charge in [-0.3, -0.25) is 9.59 Å². The van der Waals surface area contributed by atoms with E-state index in [-0.39, 0.29) is 17.7 Å². The molecule has 0 aliphatic carbocycles. The van der Waals surface area contributed by atoms with Crippen molar-refractivity contribution in [3.05, 3.63) is 89.7 Å². The topological polar surface area (TPSA) is 51.1 Å². The number of benzene rings is 2. The van der Waals surface area contributed by atoms with Gasteiger partial charge in [-0.05, 0) is 49.2 Å². The third-order valence-electron chi connectivity index (χ3n) is 4.47. The zero-order valence-corrected chi connectivity index (χ0v) is 15.0. The zero-order valence-electron chi connectivity index (χ0n) is 15.0. The largest absolute Gasteiger partial charge is 0.346 e. The van der Waals surface area contributed by atoms with Gasteiger partial charge < -0.3 is 9.88 Å². The number of carbonyl (C=O) groups is 2. The second-order valence-electron chi connectivity index (χ2n) is 6.39. The molecule has 4 heteroatoms. The predicted octanol–water partition coefficient (Wildman–Crippen LogP) is 4.62. The molecule has 1 amide bonds. The molecule has 0 unspecified atom stereocenters. The van der Waals surface area contributed by atoms with Crippen LogP contribution in [0.2, 0.25) is 0 Å². The second kappa shape index (κ2) is 7.83. The van der Waals surface area contributed by atoms with E-state index in [1.165, 1.54) is 6.92 Å². The molecule has 1 heterocycles. The average molecular weight is 346 g/mol. The molecule has 1 aromatic heterocycles. The molecule has 0 aliphatic rings. The third kappa shape index (κ3) is 4.09. The summed E-state index contributed by atoms with van der Waals surface area (Å²) in [6.07, 6.45) is 4.26. The van der Waals surface area contributed by atoms with Crippen LogP contribution in [-0.2, 0) is 4.79 Å². The standard InChI is InChI=1S/C22H22N2O2/c1-16-8-3-4-11-20(16)21(24-12-5-6-13-24)15-22(26)23-19-10-7-9-18(14-19)17(2)25/h3-14,21H,15H2,1-2H3,(H,23,26)/t21-/m1/s1. The van der Waals surface area contributed by atoms with E-state index in [1.807, 2.05) is 41.2 Å². The summed E-state index contributed by atoms with van der Waals surface area (Å²) in [5.74, 6) is -0.112. The minimum atomic E-state index is -0.0901. The van der Waals surface area contributed by atoms with Gasteiger partial charge in [0, 0.05) is 23.6 Å². The van der Waals surface area contributed by atoms with Crippen LogP contribution in [0.3, 0.4) is 0 Å². The molecule has 0 saturated carbocycles. The van der Waals surface area contributed by atoms with Gasteiger partial charge >= 0.3 is 0 Å². The van der Waals surface area contributed by atoms with Crippen molar-refractivity contribution in [1.82, 2.24) is 4.57 Å². The molecule has 0 radical (unpaired) electrons. The van der Waals surface area contributed by atoms with Crippen LogP contribution in [0, 0.1) is 6.92 Å². The van der Waals surface area contributed by atoms with Gasteiger partial charge in [-0.1, -0.05) is 36.4 Å². The summed E-state index contributed by atoms with van der Waals surface area (Å²) in [5.41, 5.74) is 3.50. The summed E-state index contributed by atoms with van der Waals surface area (Å²) in [5, 5.41) is 2.91. The van der Waals surface area contributed by atoms with Gasteiger partial charge in [-0.25, -0.2) is 0 Å². The summed E-state index contributed by atoms with van der Waals surface area (Å²) < 4.78 is 2.05. The molecule has 1 atom stereocenters. The summed E-state index contributed by atoms with van der Waals surface area (Å²) in [6.45, 7) is 3.57.